The molecule has 0 aromatic rings. The van der Waals surface area contributed by atoms with Gasteiger partial charge in [0.05, 0.1) is 5.41 Å². The molecule has 1 N–H and O–H groups in total. The Hall–Kier alpha value is -0.610. The van der Waals surface area contributed by atoms with E-state index in [0.717, 1.165) is 52.2 Å². The average molecular weight is 253 g/mol. The maximum atomic E-state index is 12.5. The van der Waals surface area contributed by atoms with E-state index in [-0.39, 0.29) is 5.41 Å². The summed E-state index contributed by atoms with van der Waals surface area (Å²) in [6.45, 7) is 13.5. The maximum absolute atomic E-state index is 12.5. The molecule has 2 rings (SSSR count). The van der Waals surface area contributed by atoms with E-state index in [2.05, 4.69) is 35.9 Å². The van der Waals surface area contributed by atoms with Gasteiger partial charge in [-0.1, -0.05) is 13.8 Å². The molecule has 1 amide bonds. The molecule has 2 saturated heterocycles. The third kappa shape index (κ3) is 3.04. The zero-order valence-electron chi connectivity index (χ0n) is 12.0. The molecule has 0 saturated carbocycles. The van der Waals surface area contributed by atoms with Crippen molar-refractivity contribution in [3.05, 3.63) is 0 Å². The smallest absolute Gasteiger partial charge is 0.229 e. The largest absolute Gasteiger partial charge is 0.340 e. The third-order valence-corrected chi connectivity index (χ3v) is 4.17. The maximum Gasteiger partial charge on any atom is 0.229 e. The Morgan fingerprint density at radius 2 is 1.94 bits per heavy atom. The van der Waals surface area contributed by atoms with Gasteiger partial charge in [-0.2, -0.15) is 0 Å². The highest BCUT2D eigenvalue weighted by molar-refractivity contribution is 5.83. The molecule has 0 bridgehead atoms. The fraction of sp³-hybridized carbons (Fsp3) is 0.929. The monoisotopic (exact) mass is 253 g/mol. The van der Waals surface area contributed by atoms with Crippen molar-refractivity contribution in [2.24, 2.45) is 11.3 Å². The second kappa shape index (κ2) is 5.57. The highest BCUT2D eigenvalue weighted by Gasteiger charge is 2.39. The molecule has 2 fully saturated rings. The van der Waals surface area contributed by atoms with Crippen molar-refractivity contribution >= 4 is 5.91 Å². The topological polar surface area (TPSA) is 35.6 Å². The Morgan fingerprint density at radius 1 is 1.28 bits per heavy atom. The van der Waals surface area contributed by atoms with E-state index in [9.17, 15) is 4.79 Å². The second-order valence-corrected chi connectivity index (χ2v) is 6.47. The summed E-state index contributed by atoms with van der Waals surface area (Å²) < 4.78 is 0. The van der Waals surface area contributed by atoms with Crippen LogP contribution in [0.5, 0.6) is 0 Å². The molecular formula is C14H27N3O. The minimum Gasteiger partial charge on any atom is -0.340 e. The number of piperazine rings is 1. The molecule has 0 radical (unpaired) electrons. The van der Waals surface area contributed by atoms with Crippen LogP contribution < -0.4 is 5.32 Å². The predicted octanol–water partition coefficient (Wildman–Crippen LogP) is 0.786. The van der Waals surface area contributed by atoms with Crippen LogP contribution in [0.4, 0.5) is 0 Å². The molecule has 0 aliphatic carbocycles. The number of hydrogen-bond acceptors (Lipinski definition) is 3. The number of carbonyl (C=O) groups excluding carboxylic acids is 1. The molecule has 104 valence electrons. The Balaban J connectivity index is 1.84. The van der Waals surface area contributed by atoms with Gasteiger partial charge in [0.1, 0.15) is 0 Å². The van der Waals surface area contributed by atoms with Gasteiger partial charge in [0, 0.05) is 39.3 Å². The van der Waals surface area contributed by atoms with Crippen molar-refractivity contribution in [1.82, 2.24) is 15.1 Å². The fourth-order valence-electron chi connectivity index (χ4n) is 3.03. The Morgan fingerprint density at radius 3 is 2.44 bits per heavy atom. The fourth-order valence-corrected chi connectivity index (χ4v) is 3.03. The van der Waals surface area contributed by atoms with Crippen LogP contribution in [0.3, 0.4) is 0 Å². The number of nitrogens with one attached hydrogen (secondary N) is 1. The third-order valence-electron chi connectivity index (χ3n) is 4.17. The van der Waals surface area contributed by atoms with E-state index in [1.807, 2.05) is 0 Å². The van der Waals surface area contributed by atoms with Gasteiger partial charge in [-0.15, -0.1) is 0 Å². The highest BCUT2D eigenvalue weighted by atomic mass is 16.2. The minimum absolute atomic E-state index is 0.153. The molecule has 1 unspecified atom stereocenters. The Kier molecular flexibility index (Phi) is 4.28. The lowest BCUT2D eigenvalue weighted by Crippen LogP contribution is -2.53. The van der Waals surface area contributed by atoms with Gasteiger partial charge in [-0.25, -0.2) is 0 Å². The lowest BCUT2D eigenvalue weighted by atomic mass is 9.88. The average Bonchev–Trinajstić information content (AvgIpc) is 2.77. The van der Waals surface area contributed by atoms with Crippen molar-refractivity contribution in [3.8, 4) is 0 Å². The van der Waals surface area contributed by atoms with Crippen LogP contribution >= 0.6 is 0 Å². The highest BCUT2D eigenvalue weighted by Crippen LogP contribution is 2.27. The zero-order valence-corrected chi connectivity index (χ0v) is 12.0. The van der Waals surface area contributed by atoms with Gasteiger partial charge in [0.25, 0.3) is 0 Å². The summed E-state index contributed by atoms with van der Waals surface area (Å²) in [5.74, 6) is 1.07. The van der Waals surface area contributed by atoms with Crippen molar-refractivity contribution in [1.29, 1.82) is 0 Å². The first-order valence-corrected chi connectivity index (χ1v) is 7.24. The van der Waals surface area contributed by atoms with Crippen molar-refractivity contribution in [3.63, 3.8) is 0 Å². The minimum atomic E-state index is -0.153. The molecule has 1 atom stereocenters. The van der Waals surface area contributed by atoms with E-state index in [1.54, 1.807) is 0 Å². The summed E-state index contributed by atoms with van der Waals surface area (Å²) in [6.07, 6.45) is 0.984. The quantitative estimate of drug-likeness (QED) is 0.807. The van der Waals surface area contributed by atoms with Crippen LogP contribution in [0.1, 0.15) is 27.2 Å². The van der Waals surface area contributed by atoms with Gasteiger partial charge in [-0.3, -0.25) is 9.69 Å². The van der Waals surface area contributed by atoms with Crippen LogP contribution in [-0.2, 0) is 4.79 Å². The summed E-state index contributed by atoms with van der Waals surface area (Å²) in [5.41, 5.74) is -0.153. The Labute approximate surface area is 111 Å². The predicted molar refractivity (Wildman–Crippen MR) is 73.5 cm³/mol. The molecule has 0 aromatic heterocycles. The number of amides is 1. The Bertz CT molecular complexity index is 289. The second-order valence-electron chi connectivity index (χ2n) is 6.47. The lowest BCUT2D eigenvalue weighted by Gasteiger charge is -2.38. The van der Waals surface area contributed by atoms with Crippen LogP contribution in [0, 0.1) is 11.3 Å². The lowest BCUT2D eigenvalue weighted by molar-refractivity contribution is -0.142. The van der Waals surface area contributed by atoms with E-state index in [4.69, 9.17) is 0 Å². The van der Waals surface area contributed by atoms with Crippen molar-refractivity contribution in [2.45, 2.75) is 27.2 Å². The first-order chi connectivity index (χ1) is 8.51. The zero-order chi connectivity index (χ0) is 13.2. The summed E-state index contributed by atoms with van der Waals surface area (Å²) in [4.78, 5) is 17.1. The van der Waals surface area contributed by atoms with Gasteiger partial charge in [-0.05, 0) is 25.8 Å². The normalized spacial score (nSPS) is 30.1. The van der Waals surface area contributed by atoms with Gasteiger partial charge in [0.2, 0.25) is 5.91 Å². The SMILES string of the molecule is CC(C)CN1CCN(C(=O)C2(C)CCNC2)CC1. The molecule has 4 nitrogen and oxygen atoms in total. The standard InChI is InChI=1S/C14H27N3O/c1-12(2)10-16-6-8-17(9-7-16)13(18)14(3)4-5-15-11-14/h12,15H,4-11H2,1-3H3. The van der Waals surface area contributed by atoms with E-state index < -0.39 is 0 Å². The van der Waals surface area contributed by atoms with E-state index in [0.29, 0.717) is 11.8 Å². The van der Waals surface area contributed by atoms with Gasteiger partial charge >= 0.3 is 0 Å². The first-order valence-electron chi connectivity index (χ1n) is 7.24. The summed E-state index contributed by atoms with van der Waals surface area (Å²) in [7, 11) is 0. The molecule has 18 heavy (non-hydrogen) atoms. The molecule has 2 aliphatic heterocycles. The molecular weight excluding hydrogens is 226 g/mol. The summed E-state index contributed by atoms with van der Waals surface area (Å²) in [6, 6.07) is 0. The van der Waals surface area contributed by atoms with Crippen LogP contribution in [0.15, 0.2) is 0 Å². The number of carbonyl (C=O) groups is 1. The number of nitrogens with zero attached hydrogens (tertiary/aromatic N) is 2. The van der Waals surface area contributed by atoms with Crippen molar-refractivity contribution in [2.75, 3.05) is 45.8 Å². The van der Waals surface area contributed by atoms with Gasteiger partial charge in [0.15, 0.2) is 0 Å². The van der Waals surface area contributed by atoms with Crippen molar-refractivity contribution < 1.29 is 4.79 Å². The summed E-state index contributed by atoms with van der Waals surface area (Å²) >= 11 is 0. The van der Waals surface area contributed by atoms with Crippen LogP contribution in [-0.4, -0.2) is 61.5 Å². The number of rotatable bonds is 3. The van der Waals surface area contributed by atoms with E-state index >= 15 is 0 Å². The van der Waals surface area contributed by atoms with Crippen LogP contribution in [0.2, 0.25) is 0 Å². The molecule has 4 heteroatoms. The first kappa shape index (κ1) is 13.8. The molecule has 2 aliphatic rings. The van der Waals surface area contributed by atoms with Gasteiger partial charge < -0.3 is 10.2 Å². The number of hydrogen-bond donors (Lipinski definition) is 1. The molecule has 0 aromatic carbocycles. The van der Waals surface area contributed by atoms with Crippen LogP contribution in [0.25, 0.3) is 0 Å². The molecule has 2 heterocycles. The molecule has 0 spiro atoms. The van der Waals surface area contributed by atoms with E-state index in [1.165, 1.54) is 0 Å². The summed E-state index contributed by atoms with van der Waals surface area (Å²) in [5, 5.41) is 3.31.